The lowest BCUT2D eigenvalue weighted by Crippen LogP contribution is -2.52. The molecular formula is C21H26N4O2. The SMILES string of the molecule is O=C([C@@H]1C[C@@H](O)CN1)N1CCC2NNC(c3cccc4ccccc34)C2C1. The second-order valence-corrected chi connectivity index (χ2v) is 8.03. The summed E-state index contributed by atoms with van der Waals surface area (Å²) in [7, 11) is 0. The molecule has 142 valence electrons. The summed E-state index contributed by atoms with van der Waals surface area (Å²) in [6.45, 7) is 2.02. The highest BCUT2D eigenvalue weighted by atomic mass is 16.3. The molecule has 0 aliphatic carbocycles. The third kappa shape index (κ3) is 3.02. The minimum atomic E-state index is -0.408. The van der Waals surface area contributed by atoms with Crippen LogP contribution in [0, 0.1) is 5.92 Å². The van der Waals surface area contributed by atoms with Gasteiger partial charge in [-0.25, -0.2) is 5.43 Å². The first-order valence-corrected chi connectivity index (χ1v) is 9.89. The van der Waals surface area contributed by atoms with Crippen molar-refractivity contribution >= 4 is 16.7 Å². The first kappa shape index (κ1) is 17.1. The Labute approximate surface area is 158 Å². The zero-order chi connectivity index (χ0) is 18.4. The molecule has 3 heterocycles. The van der Waals surface area contributed by atoms with E-state index in [1.807, 2.05) is 4.90 Å². The number of fused-ring (bicyclic) bond motifs is 2. The van der Waals surface area contributed by atoms with E-state index >= 15 is 0 Å². The molecule has 3 fully saturated rings. The largest absolute Gasteiger partial charge is 0.392 e. The number of nitrogens with one attached hydrogen (secondary N) is 3. The average Bonchev–Trinajstić information content (AvgIpc) is 3.32. The van der Waals surface area contributed by atoms with Crippen LogP contribution >= 0.6 is 0 Å². The molecule has 2 aromatic carbocycles. The topological polar surface area (TPSA) is 76.6 Å². The Morgan fingerprint density at radius 1 is 1.11 bits per heavy atom. The van der Waals surface area contributed by atoms with Gasteiger partial charge in [0.25, 0.3) is 0 Å². The lowest BCUT2D eigenvalue weighted by Gasteiger charge is -2.37. The molecule has 1 amide bonds. The minimum Gasteiger partial charge on any atom is -0.392 e. The molecule has 27 heavy (non-hydrogen) atoms. The van der Waals surface area contributed by atoms with Crippen molar-refractivity contribution in [3.8, 4) is 0 Å². The third-order valence-corrected chi connectivity index (χ3v) is 6.39. The van der Waals surface area contributed by atoms with Crippen LogP contribution in [0.25, 0.3) is 10.8 Å². The molecule has 5 rings (SSSR count). The third-order valence-electron chi connectivity index (χ3n) is 6.39. The summed E-state index contributed by atoms with van der Waals surface area (Å²) in [5.41, 5.74) is 8.25. The van der Waals surface area contributed by atoms with Gasteiger partial charge in [0.1, 0.15) is 0 Å². The monoisotopic (exact) mass is 366 g/mol. The van der Waals surface area contributed by atoms with Crippen molar-refractivity contribution in [3.05, 3.63) is 48.0 Å². The molecule has 0 aromatic heterocycles. The number of hydrogen-bond donors (Lipinski definition) is 4. The fourth-order valence-corrected chi connectivity index (χ4v) is 4.96. The van der Waals surface area contributed by atoms with Crippen LogP contribution < -0.4 is 16.2 Å². The van der Waals surface area contributed by atoms with E-state index in [1.54, 1.807) is 0 Å². The van der Waals surface area contributed by atoms with Gasteiger partial charge in [0.2, 0.25) is 5.91 Å². The molecule has 3 aliphatic rings. The molecule has 0 radical (unpaired) electrons. The molecular weight excluding hydrogens is 340 g/mol. The Kier molecular flexibility index (Phi) is 4.36. The molecule has 0 bridgehead atoms. The van der Waals surface area contributed by atoms with Gasteiger partial charge < -0.3 is 15.3 Å². The predicted molar refractivity (Wildman–Crippen MR) is 104 cm³/mol. The number of aliphatic hydroxyl groups is 1. The number of benzene rings is 2. The fraction of sp³-hybridized carbons (Fsp3) is 0.476. The number of hydrazine groups is 1. The molecule has 2 aromatic rings. The first-order valence-electron chi connectivity index (χ1n) is 9.89. The van der Waals surface area contributed by atoms with Crippen LogP contribution in [0.3, 0.4) is 0 Å². The van der Waals surface area contributed by atoms with Crippen LogP contribution in [0.15, 0.2) is 42.5 Å². The highest BCUT2D eigenvalue weighted by Gasteiger charge is 2.43. The first-order chi connectivity index (χ1) is 13.2. The van der Waals surface area contributed by atoms with E-state index in [0.29, 0.717) is 24.9 Å². The van der Waals surface area contributed by atoms with Crippen LogP contribution in [-0.2, 0) is 4.79 Å². The smallest absolute Gasteiger partial charge is 0.239 e. The lowest BCUT2D eigenvalue weighted by molar-refractivity contribution is -0.135. The van der Waals surface area contributed by atoms with Crippen LogP contribution in [0.1, 0.15) is 24.4 Å². The zero-order valence-electron chi connectivity index (χ0n) is 15.3. The Balaban J connectivity index is 1.39. The maximum absolute atomic E-state index is 12.9. The summed E-state index contributed by atoms with van der Waals surface area (Å²) in [5.74, 6) is 0.466. The highest BCUT2D eigenvalue weighted by molar-refractivity contribution is 5.86. The highest BCUT2D eigenvalue weighted by Crippen LogP contribution is 2.37. The molecule has 4 N–H and O–H groups in total. The number of carbonyl (C=O) groups excluding carboxylic acids is 1. The Hall–Kier alpha value is -1.99. The van der Waals surface area contributed by atoms with E-state index in [4.69, 9.17) is 0 Å². The molecule has 6 nitrogen and oxygen atoms in total. The van der Waals surface area contributed by atoms with E-state index in [9.17, 15) is 9.90 Å². The van der Waals surface area contributed by atoms with E-state index in [2.05, 4.69) is 58.6 Å². The summed E-state index contributed by atoms with van der Waals surface area (Å²) in [6, 6.07) is 15.2. The van der Waals surface area contributed by atoms with Gasteiger partial charge in [0.15, 0.2) is 0 Å². The van der Waals surface area contributed by atoms with Crippen molar-refractivity contribution < 1.29 is 9.90 Å². The molecule has 3 saturated heterocycles. The number of likely N-dealkylation sites (tertiary alicyclic amines) is 1. The summed E-state index contributed by atoms with van der Waals surface area (Å²) >= 11 is 0. The van der Waals surface area contributed by atoms with Gasteiger partial charge in [-0.3, -0.25) is 10.2 Å². The van der Waals surface area contributed by atoms with Crippen molar-refractivity contribution in [2.45, 2.75) is 37.1 Å². The maximum atomic E-state index is 12.9. The summed E-state index contributed by atoms with van der Waals surface area (Å²) < 4.78 is 0. The van der Waals surface area contributed by atoms with E-state index in [0.717, 1.165) is 19.5 Å². The van der Waals surface area contributed by atoms with Crippen molar-refractivity contribution in [1.29, 1.82) is 0 Å². The predicted octanol–water partition coefficient (Wildman–Crippen LogP) is 0.929. The molecule has 0 spiro atoms. The van der Waals surface area contributed by atoms with Crippen molar-refractivity contribution in [2.24, 2.45) is 5.92 Å². The van der Waals surface area contributed by atoms with Crippen molar-refractivity contribution in [1.82, 2.24) is 21.1 Å². The number of amides is 1. The van der Waals surface area contributed by atoms with E-state index in [1.165, 1.54) is 16.3 Å². The summed E-state index contributed by atoms with van der Waals surface area (Å²) in [4.78, 5) is 14.9. The van der Waals surface area contributed by atoms with Crippen molar-refractivity contribution in [3.63, 3.8) is 0 Å². The van der Waals surface area contributed by atoms with Crippen LogP contribution in [0.5, 0.6) is 0 Å². The standard InChI is InChI=1S/C21H26N4O2/c26-14-10-19(22-11-14)21(27)25-9-8-18-17(12-25)20(24-23-18)16-7-3-5-13-4-1-2-6-15(13)16/h1-7,14,17-20,22-24,26H,8-12H2/t14-,17?,18?,19+,20?/m1/s1. The number of hydrogen-bond acceptors (Lipinski definition) is 5. The Bertz CT molecular complexity index is 852. The number of nitrogens with zero attached hydrogens (tertiary/aromatic N) is 1. The summed E-state index contributed by atoms with van der Waals surface area (Å²) in [6.07, 6.45) is 1.06. The Morgan fingerprint density at radius 2 is 1.96 bits per heavy atom. The van der Waals surface area contributed by atoms with Gasteiger partial charge in [-0.15, -0.1) is 0 Å². The second-order valence-electron chi connectivity index (χ2n) is 8.03. The van der Waals surface area contributed by atoms with E-state index in [-0.39, 0.29) is 18.0 Å². The van der Waals surface area contributed by atoms with Gasteiger partial charge in [-0.1, -0.05) is 42.5 Å². The van der Waals surface area contributed by atoms with Crippen LogP contribution in [0.2, 0.25) is 0 Å². The summed E-state index contributed by atoms with van der Waals surface area (Å²) in [5, 5.41) is 15.4. The molecule has 6 heteroatoms. The number of piperidine rings is 1. The fourth-order valence-electron chi connectivity index (χ4n) is 4.96. The van der Waals surface area contributed by atoms with Crippen LogP contribution in [0.4, 0.5) is 0 Å². The van der Waals surface area contributed by atoms with Gasteiger partial charge in [-0.2, -0.15) is 0 Å². The molecule has 3 aliphatic heterocycles. The lowest BCUT2D eigenvalue weighted by atomic mass is 9.83. The quantitative estimate of drug-likeness (QED) is 0.636. The van der Waals surface area contributed by atoms with Gasteiger partial charge in [0, 0.05) is 31.6 Å². The zero-order valence-corrected chi connectivity index (χ0v) is 15.3. The molecule has 3 unspecified atom stereocenters. The molecule has 5 atom stereocenters. The number of β-amino-alcohol motifs (C(OH)–C–C–N with tert-alkyl or cyclic N) is 1. The van der Waals surface area contributed by atoms with Gasteiger partial charge >= 0.3 is 0 Å². The second kappa shape index (κ2) is 6.87. The normalized spacial score (nSPS) is 33.4. The minimum absolute atomic E-state index is 0.133. The number of carbonyl (C=O) groups is 1. The van der Waals surface area contributed by atoms with Gasteiger partial charge in [-0.05, 0) is 29.2 Å². The van der Waals surface area contributed by atoms with Crippen LogP contribution in [-0.4, -0.2) is 53.7 Å². The molecule has 0 saturated carbocycles. The maximum Gasteiger partial charge on any atom is 0.239 e. The van der Waals surface area contributed by atoms with Gasteiger partial charge in [0.05, 0.1) is 18.2 Å². The van der Waals surface area contributed by atoms with Crippen molar-refractivity contribution in [2.75, 3.05) is 19.6 Å². The Morgan fingerprint density at radius 3 is 2.81 bits per heavy atom. The average molecular weight is 366 g/mol. The number of aliphatic hydroxyl groups excluding tert-OH is 1. The van der Waals surface area contributed by atoms with E-state index < -0.39 is 6.10 Å². The number of rotatable bonds is 2.